The van der Waals surface area contributed by atoms with Crippen LogP contribution in [0.4, 0.5) is 5.69 Å². The minimum atomic E-state index is -4.20. The molecule has 0 aromatic heterocycles. The molecule has 1 N–H and O–H groups in total. The molecule has 0 saturated carbocycles. The zero-order valence-corrected chi connectivity index (χ0v) is 25.0. The minimum Gasteiger partial charge on any atom is -0.495 e. The molecule has 0 heterocycles. The zero-order chi connectivity index (χ0) is 29.4. The zero-order valence-electron chi connectivity index (χ0n) is 23.4. The number of benzene rings is 3. The molecule has 0 fully saturated rings. The molecule has 214 valence electrons. The average Bonchev–Trinajstić information content (AvgIpc) is 2.95. The SMILES string of the molecule is CCC(C)NC(=O)C(C)N(Cc1ccccc1Cl)C(=O)CN(c1cc(C)ccc1OC)S(=O)(=O)c1ccccc1. The minimum absolute atomic E-state index is 0.0117. The van der Waals surface area contributed by atoms with Crippen molar-refractivity contribution in [3.63, 3.8) is 0 Å². The number of carbonyl (C=O) groups is 2. The maximum atomic E-state index is 14.1. The van der Waals surface area contributed by atoms with Gasteiger partial charge in [-0.05, 0) is 68.7 Å². The Morgan fingerprint density at radius 1 is 1.00 bits per heavy atom. The highest BCUT2D eigenvalue weighted by Gasteiger charge is 2.34. The molecule has 3 aromatic carbocycles. The van der Waals surface area contributed by atoms with E-state index < -0.39 is 28.5 Å². The van der Waals surface area contributed by atoms with Gasteiger partial charge in [0, 0.05) is 17.6 Å². The number of sulfonamides is 1. The summed E-state index contributed by atoms with van der Waals surface area (Å²) in [6, 6.07) is 19.0. The first-order valence-electron chi connectivity index (χ1n) is 13.0. The predicted molar refractivity (Wildman–Crippen MR) is 158 cm³/mol. The molecule has 2 amide bonds. The summed E-state index contributed by atoms with van der Waals surface area (Å²) < 4.78 is 34.5. The summed E-state index contributed by atoms with van der Waals surface area (Å²) in [5.41, 5.74) is 1.63. The van der Waals surface area contributed by atoms with Crippen LogP contribution in [0, 0.1) is 6.92 Å². The normalized spacial score (nSPS) is 12.8. The Labute approximate surface area is 241 Å². The Balaban J connectivity index is 2.09. The second-order valence-corrected chi connectivity index (χ2v) is 11.9. The number of methoxy groups -OCH3 is 1. The molecule has 2 unspecified atom stereocenters. The van der Waals surface area contributed by atoms with Gasteiger partial charge in [-0.2, -0.15) is 0 Å². The first-order valence-corrected chi connectivity index (χ1v) is 14.9. The van der Waals surface area contributed by atoms with Crippen molar-refractivity contribution in [3.8, 4) is 5.75 Å². The largest absolute Gasteiger partial charge is 0.495 e. The van der Waals surface area contributed by atoms with Gasteiger partial charge in [0.05, 0.1) is 17.7 Å². The van der Waals surface area contributed by atoms with Crippen LogP contribution in [0.1, 0.15) is 38.3 Å². The van der Waals surface area contributed by atoms with E-state index in [0.29, 0.717) is 17.0 Å². The highest BCUT2D eigenvalue weighted by Crippen LogP contribution is 2.34. The van der Waals surface area contributed by atoms with Crippen molar-refractivity contribution < 1.29 is 22.7 Å². The lowest BCUT2D eigenvalue weighted by Crippen LogP contribution is -2.52. The van der Waals surface area contributed by atoms with E-state index in [2.05, 4.69) is 5.32 Å². The van der Waals surface area contributed by atoms with Crippen LogP contribution in [0.5, 0.6) is 5.75 Å². The lowest BCUT2D eigenvalue weighted by atomic mass is 10.1. The Morgan fingerprint density at radius 3 is 2.27 bits per heavy atom. The quantitative estimate of drug-likeness (QED) is 0.316. The Bertz CT molecular complexity index is 1430. The lowest BCUT2D eigenvalue weighted by molar-refractivity contribution is -0.139. The molecule has 0 saturated heterocycles. The van der Waals surface area contributed by atoms with Crippen molar-refractivity contribution in [2.45, 2.75) is 57.6 Å². The molecule has 0 bridgehead atoms. The first kappa shape index (κ1) is 31.0. The van der Waals surface area contributed by atoms with E-state index in [1.54, 1.807) is 67.6 Å². The molecule has 10 heteroatoms. The number of anilines is 1. The van der Waals surface area contributed by atoms with Crippen molar-refractivity contribution in [1.29, 1.82) is 0 Å². The molecular weight excluding hydrogens is 550 g/mol. The molecule has 0 aliphatic rings. The standard InChI is InChI=1S/C30H36ClN3O5S/c1-6-22(3)32-30(36)23(4)33(19-24-12-10-11-15-26(24)31)29(35)20-34(27-18-21(2)16-17-28(27)39-5)40(37,38)25-13-8-7-9-14-25/h7-18,22-23H,6,19-20H2,1-5H3,(H,32,36). The van der Waals surface area contributed by atoms with E-state index in [1.807, 2.05) is 20.8 Å². The number of halogens is 1. The van der Waals surface area contributed by atoms with Crippen molar-refractivity contribution in [1.82, 2.24) is 10.2 Å². The van der Waals surface area contributed by atoms with Crippen molar-refractivity contribution in [2.75, 3.05) is 18.0 Å². The third kappa shape index (κ3) is 7.34. The Hall–Kier alpha value is -3.56. The number of ether oxygens (including phenoxy) is 1. The van der Waals surface area contributed by atoms with E-state index in [9.17, 15) is 18.0 Å². The number of hydrogen-bond acceptors (Lipinski definition) is 5. The topological polar surface area (TPSA) is 96.0 Å². The highest BCUT2D eigenvalue weighted by atomic mass is 35.5. The number of nitrogens with one attached hydrogen (secondary N) is 1. The Kier molecular flexibility index (Phi) is 10.6. The number of hydrogen-bond donors (Lipinski definition) is 1. The van der Waals surface area contributed by atoms with Crippen LogP contribution in [0.3, 0.4) is 0 Å². The van der Waals surface area contributed by atoms with E-state index in [0.717, 1.165) is 9.87 Å². The molecule has 40 heavy (non-hydrogen) atoms. The third-order valence-electron chi connectivity index (χ3n) is 6.68. The van der Waals surface area contributed by atoms with Gasteiger partial charge in [-0.25, -0.2) is 8.42 Å². The average molecular weight is 586 g/mol. The van der Waals surface area contributed by atoms with Crippen molar-refractivity contribution >= 4 is 39.1 Å². The summed E-state index contributed by atoms with van der Waals surface area (Å²) in [4.78, 5) is 28.6. The van der Waals surface area contributed by atoms with Gasteiger partial charge in [-0.15, -0.1) is 0 Å². The molecule has 0 spiro atoms. The van der Waals surface area contributed by atoms with E-state index in [-0.39, 0.29) is 34.8 Å². The van der Waals surface area contributed by atoms with Gasteiger partial charge in [0.1, 0.15) is 18.3 Å². The molecule has 3 aromatic rings. The summed E-state index contributed by atoms with van der Waals surface area (Å²) in [5, 5.41) is 3.35. The molecule has 0 aliphatic carbocycles. The molecule has 8 nitrogen and oxygen atoms in total. The third-order valence-corrected chi connectivity index (χ3v) is 8.82. The maximum Gasteiger partial charge on any atom is 0.264 e. The van der Waals surface area contributed by atoms with Crippen LogP contribution >= 0.6 is 11.6 Å². The summed E-state index contributed by atoms with van der Waals surface area (Å²) in [6.07, 6.45) is 0.715. The predicted octanol–water partition coefficient (Wildman–Crippen LogP) is 5.18. The summed E-state index contributed by atoms with van der Waals surface area (Å²) in [6.45, 7) is 6.71. The van der Waals surface area contributed by atoms with Crippen LogP contribution in [0.25, 0.3) is 0 Å². The van der Waals surface area contributed by atoms with Crippen molar-refractivity contribution in [3.05, 3.63) is 88.9 Å². The second kappa shape index (κ2) is 13.7. The lowest BCUT2D eigenvalue weighted by Gasteiger charge is -2.33. The molecular formula is C30H36ClN3O5S. The van der Waals surface area contributed by atoms with Crippen LogP contribution in [0.2, 0.25) is 5.02 Å². The smallest absolute Gasteiger partial charge is 0.264 e. The number of amides is 2. The molecule has 3 rings (SSSR count). The van der Waals surface area contributed by atoms with E-state index >= 15 is 0 Å². The number of carbonyl (C=O) groups excluding carboxylic acids is 2. The summed E-state index contributed by atoms with van der Waals surface area (Å²) in [5.74, 6) is -0.631. The van der Waals surface area contributed by atoms with Crippen LogP contribution in [0.15, 0.2) is 77.7 Å². The Morgan fingerprint density at radius 2 is 1.65 bits per heavy atom. The fourth-order valence-corrected chi connectivity index (χ4v) is 5.72. The van der Waals surface area contributed by atoms with Gasteiger partial charge in [-0.3, -0.25) is 13.9 Å². The van der Waals surface area contributed by atoms with Gasteiger partial charge in [0.25, 0.3) is 10.0 Å². The maximum absolute atomic E-state index is 14.1. The van der Waals surface area contributed by atoms with Gasteiger partial charge in [0.2, 0.25) is 11.8 Å². The molecule has 0 aliphatic heterocycles. The van der Waals surface area contributed by atoms with Crippen molar-refractivity contribution in [2.24, 2.45) is 0 Å². The van der Waals surface area contributed by atoms with Crippen LogP contribution < -0.4 is 14.4 Å². The number of aryl methyl sites for hydroxylation is 1. The van der Waals surface area contributed by atoms with Gasteiger partial charge in [-0.1, -0.05) is 61.0 Å². The fourth-order valence-electron chi connectivity index (χ4n) is 4.09. The first-order chi connectivity index (χ1) is 19.0. The van der Waals surface area contributed by atoms with Crippen LogP contribution in [-0.2, 0) is 26.2 Å². The highest BCUT2D eigenvalue weighted by molar-refractivity contribution is 7.92. The molecule has 0 radical (unpaired) electrons. The summed E-state index contributed by atoms with van der Waals surface area (Å²) >= 11 is 6.41. The van der Waals surface area contributed by atoms with E-state index in [1.165, 1.54) is 24.1 Å². The van der Waals surface area contributed by atoms with Gasteiger partial charge in [0.15, 0.2) is 0 Å². The monoisotopic (exact) mass is 585 g/mol. The number of nitrogens with zero attached hydrogens (tertiary/aromatic N) is 2. The summed E-state index contributed by atoms with van der Waals surface area (Å²) in [7, 11) is -2.76. The number of rotatable bonds is 12. The van der Waals surface area contributed by atoms with Gasteiger partial charge < -0.3 is 15.0 Å². The fraction of sp³-hybridized carbons (Fsp3) is 0.333. The molecule has 2 atom stereocenters. The van der Waals surface area contributed by atoms with Crippen LogP contribution in [-0.4, -0.2) is 50.9 Å². The van der Waals surface area contributed by atoms with Gasteiger partial charge >= 0.3 is 0 Å². The second-order valence-electron chi connectivity index (χ2n) is 9.61. The van der Waals surface area contributed by atoms with E-state index in [4.69, 9.17) is 16.3 Å².